The molecule has 2 aliphatic rings. The summed E-state index contributed by atoms with van der Waals surface area (Å²) >= 11 is 0. The molecule has 0 aliphatic carbocycles. The topological polar surface area (TPSA) is 41.1 Å². The average molecular weight is 721 g/mol. The Morgan fingerprint density at radius 1 is 1.06 bits per heavy atom. The number of hydrogen-bond acceptors (Lipinski definition) is 4. The van der Waals surface area contributed by atoms with Crippen LogP contribution >= 0.6 is 10.5 Å². The Bertz CT molecular complexity index is 1460. The van der Waals surface area contributed by atoms with Crippen molar-refractivity contribution >= 4 is 28.2 Å². The number of halogens is 5. The summed E-state index contributed by atoms with van der Waals surface area (Å²) in [6.45, 7) is 12.3. The summed E-state index contributed by atoms with van der Waals surface area (Å²) in [5, 5.41) is 3.28. The number of nitrogens with one attached hydrogen (secondary N) is 1. The normalized spacial score (nSPS) is 21.0. The van der Waals surface area contributed by atoms with E-state index in [2.05, 4.69) is 40.7 Å². The van der Waals surface area contributed by atoms with Gasteiger partial charge in [-0.1, -0.05) is 81.7 Å². The standard InChI is InChI=1S/C40H57F5N4S/c1-7-8-9-10-11-12-16-36(38(42)43)49-21-17-31(18-22-49)40(44,45)35-15-13-14-32(37(35)41)29(5)48-39-34(28(4)46-26-47-39)25-33(27(2)3)30-19-23-50(6)24-20-30/h13-15,25-26,29-31,36,38H,2,6-12,16-24H2,1,3-5H3,(H,46,47,48)/b33-25+/t29-,30?,36?,50?/m1/s1. The Hall–Kier alpha value is -2.59. The van der Waals surface area contributed by atoms with Crippen molar-refractivity contribution in [3.63, 3.8) is 0 Å². The van der Waals surface area contributed by atoms with Crippen LogP contribution in [0, 0.1) is 24.6 Å². The van der Waals surface area contributed by atoms with Crippen LogP contribution < -0.4 is 5.32 Å². The zero-order valence-electron chi connectivity index (χ0n) is 30.4. The van der Waals surface area contributed by atoms with Crippen LogP contribution in [0.4, 0.5) is 27.8 Å². The maximum absolute atomic E-state index is 16.1. The maximum atomic E-state index is 16.1. The zero-order chi connectivity index (χ0) is 36.4. The van der Waals surface area contributed by atoms with Crippen molar-refractivity contribution in [3.8, 4) is 0 Å². The van der Waals surface area contributed by atoms with Crippen molar-refractivity contribution in [2.45, 2.75) is 123 Å². The van der Waals surface area contributed by atoms with Gasteiger partial charge in [-0.3, -0.25) is 4.90 Å². The Morgan fingerprint density at radius 3 is 2.36 bits per heavy atom. The molecular weight excluding hydrogens is 664 g/mol. The molecule has 1 aromatic heterocycles. The minimum atomic E-state index is -3.45. The van der Waals surface area contributed by atoms with Crippen molar-refractivity contribution in [2.75, 3.05) is 29.9 Å². The summed E-state index contributed by atoms with van der Waals surface area (Å²) < 4.78 is 76.3. The Labute approximate surface area is 299 Å². The van der Waals surface area contributed by atoms with Gasteiger partial charge in [-0.05, 0) is 95.0 Å². The minimum absolute atomic E-state index is 0.0298. The van der Waals surface area contributed by atoms with Crippen LogP contribution in [0.25, 0.3) is 6.08 Å². The van der Waals surface area contributed by atoms with Crippen LogP contribution in [0.2, 0.25) is 0 Å². The lowest BCUT2D eigenvalue weighted by Gasteiger charge is -2.40. The highest BCUT2D eigenvalue weighted by molar-refractivity contribution is 8.14. The molecule has 4 nitrogen and oxygen atoms in total. The molecule has 0 bridgehead atoms. The molecule has 2 atom stereocenters. The van der Waals surface area contributed by atoms with Crippen LogP contribution in [-0.2, 0) is 5.92 Å². The molecule has 10 heteroatoms. The minimum Gasteiger partial charge on any atom is -0.363 e. The first-order valence-electron chi connectivity index (χ1n) is 18.5. The van der Waals surface area contributed by atoms with Crippen LogP contribution in [-0.4, -0.2) is 57.8 Å². The molecule has 3 heterocycles. The summed E-state index contributed by atoms with van der Waals surface area (Å²) in [5.41, 5.74) is 3.08. The number of benzene rings is 1. The van der Waals surface area contributed by atoms with Crippen LogP contribution in [0.1, 0.15) is 120 Å². The van der Waals surface area contributed by atoms with E-state index >= 15 is 13.2 Å². The molecule has 2 saturated heterocycles. The summed E-state index contributed by atoms with van der Waals surface area (Å²) in [7, 11) is 0.192. The summed E-state index contributed by atoms with van der Waals surface area (Å²) in [6, 6.07) is 2.53. The van der Waals surface area contributed by atoms with E-state index in [-0.39, 0.29) is 42.0 Å². The van der Waals surface area contributed by atoms with Gasteiger partial charge in [0.05, 0.1) is 23.3 Å². The first-order chi connectivity index (χ1) is 23.8. The van der Waals surface area contributed by atoms with E-state index in [4.69, 9.17) is 0 Å². The molecule has 2 fully saturated rings. The molecule has 1 N–H and O–H groups in total. The predicted molar refractivity (Wildman–Crippen MR) is 201 cm³/mol. The lowest BCUT2D eigenvalue weighted by Crippen LogP contribution is -2.47. The molecular formula is C40H57F5N4S. The van der Waals surface area contributed by atoms with Gasteiger partial charge in [0.2, 0.25) is 0 Å². The fourth-order valence-electron chi connectivity index (χ4n) is 7.53. The predicted octanol–water partition coefficient (Wildman–Crippen LogP) is 11.4. The van der Waals surface area contributed by atoms with Crippen molar-refractivity contribution in [3.05, 3.63) is 70.5 Å². The number of likely N-dealkylation sites (tertiary alicyclic amines) is 1. The van der Waals surface area contributed by atoms with E-state index in [9.17, 15) is 8.78 Å². The molecule has 1 aromatic carbocycles. The highest BCUT2D eigenvalue weighted by Gasteiger charge is 2.46. The number of aromatic nitrogens is 2. The molecule has 2 aliphatic heterocycles. The Balaban J connectivity index is 1.47. The summed E-state index contributed by atoms with van der Waals surface area (Å²) in [4.78, 5) is 10.6. The second kappa shape index (κ2) is 18.8. The number of rotatable bonds is 17. The first-order valence-corrected chi connectivity index (χ1v) is 20.2. The fourth-order valence-corrected chi connectivity index (χ4v) is 8.97. The number of hydrogen-bond donors (Lipinski definition) is 1. The zero-order valence-corrected chi connectivity index (χ0v) is 31.3. The van der Waals surface area contributed by atoms with Gasteiger partial charge < -0.3 is 5.32 Å². The van der Waals surface area contributed by atoms with Gasteiger partial charge in [0, 0.05) is 17.0 Å². The molecule has 4 rings (SSSR count). The highest BCUT2D eigenvalue weighted by Crippen LogP contribution is 2.44. The SMILES string of the molecule is C=C(C)/C(=C\c1c(C)ncnc1N[C@H](C)c1cccc(C(F)(F)C2CCN(C(CCCCCCCC)C(F)F)CC2)c1F)C1CCS(=C)CC1. The maximum Gasteiger partial charge on any atom is 0.278 e. The fraction of sp³-hybridized carbons (Fsp3) is 0.625. The Kier molecular flexibility index (Phi) is 15.1. The molecule has 0 spiro atoms. The number of alkyl halides is 4. The number of piperidine rings is 1. The third kappa shape index (κ3) is 10.3. The lowest BCUT2D eigenvalue weighted by molar-refractivity contribution is -0.0976. The van der Waals surface area contributed by atoms with Crippen LogP contribution in [0.5, 0.6) is 0 Å². The summed E-state index contributed by atoms with van der Waals surface area (Å²) in [5.74, 6) is 1.72. The largest absolute Gasteiger partial charge is 0.363 e. The second-order valence-corrected chi connectivity index (χ2v) is 16.4. The second-order valence-electron chi connectivity index (χ2n) is 14.4. The number of nitrogens with zero attached hydrogens (tertiary/aromatic N) is 3. The molecule has 0 saturated carbocycles. The van der Waals surface area contributed by atoms with Crippen molar-refractivity contribution in [2.24, 2.45) is 11.8 Å². The van der Waals surface area contributed by atoms with Gasteiger partial charge in [-0.2, -0.15) is 10.5 Å². The van der Waals surface area contributed by atoms with E-state index < -0.39 is 41.7 Å². The third-order valence-corrected chi connectivity index (χ3v) is 12.3. The third-order valence-electron chi connectivity index (χ3n) is 10.7. The number of anilines is 1. The van der Waals surface area contributed by atoms with Gasteiger partial charge in [-0.15, -0.1) is 0 Å². The first kappa shape index (κ1) is 40.2. The van der Waals surface area contributed by atoms with Crippen molar-refractivity contribution < 1.29 is 22.0 Å². The number of aryl methyl sites for hydroxylation is 1. The van der Waals surface area contributed by atoms with Gasteiger partial charge in [-0.25, -0.2) is 31.9 Å². The van der Waals surface area contributed by atoms with Crippen LogP contribution in [0.15, 0.2) is 42.3 Å². The van der Waals surface area contributed by atoms with Crippen molar-refractivity contribution in [1.29, 1.82) is 0 Å². The van der Waals surface area contributed by atoms with Crippen LogP contribution in [0.3, 0.4) is 0 Å². The quantitative estimate of drug-likeness (QED) is 0.0765. The number of allylic oxidation sites excluding steroid dienone is 2. The molecule has 50 heavy (non-hydrogen) atoms. The van der Waals surface area contributed by atoms with E-state index in [1.807, 2.05) is 13.8 Å². The summed E-state index contributed by atoms with van der Waals surface area (Å²) in [6.07, 6.45) is 9.51. The molecule has 1 unspecified atom stereocenters. The van der Waals surface area contributed by atoms with E-state index in [0.29, 0.717) is 24.6 Å². The van der Waals surface area contributed by atoms with Gasteiger partial charge in [0.25, 0.3) is 12.3 Å². The van der Waals surface area contributed by atoms with Gasteiger partial charge in [0.1, 0.15) is 18.0 Å². The van der Waals surface area contributed by atoms with Gasteiger partial charge >= 0.3 is 0 Å². The van der Waals surface area contributed by atoms with Crippen molar-refractivity contribution in [1.82, 2.24) is 14.9 Å². The molecule has 0 amide bonds. The monoisotopic (exact) mass is 720 g/mol. The lowest BCUT2D eigenvalue weighted by atomic mass is 9.84. The van der Waals surface area contributed by atoms with E-state index in [0.717, 1.165) is 84.9 Å². The molecule has 278 valence electrons. The smallest absolute Gasteiger partial charge is 0.278 e. The van der Waals surface area contributed by atoms with Gasteiger partial charge in [0.15, 0.2) is 0 Å². The molecule has 2 aromatic rings. The molecule has 0 radical (unpaired) electrons. The van der Waals surface area contributed by atoms with E-state index in [1.54, 1.807) is 11.8 Å². The number of unbranched alkanes of at least 4 members (excludes halogenated alkanes) is 5. The average Bonchev–Trinajstić information content (AvgIpc) is 3.08. The highest BCUT2D eigenvalue weighted by atomic mass is 32.2. The Morgan fingerprint density at radius 2 is 1.72 bits per heavy atom. The van der Waals surface area contributed by atoms with E-state index in [1.165, 1.54) is 18.5 Å².